The number of para-hydroxylation sites is 1. The molecule has 1 aliphatic rings. The lowest BCUT2D eigenvalue weighted by Crippen LogP contribution is -2.52. The van der Waals surface area contributed by atoms with Gasteiger partial charge in [0.2, 0.25) is 0 Å². The van der Waals surface area contributed by atoms with Crippen molar-refractivity contribution in [1.29, 1.82) is 5.26 Å². The molecule has 6 nitrogen and oxygen atoms in total. The van der Waals surface area contributed by atoms with Gasteiger partial charge in [-0.25, -0.2) is 0 Å². The van der Waals surface area contributed by atoms with Crippen molar-refractivity contribution < 1.29 is 14.3 Å². The highest BCUT2D eigenvalue weighted by molar-refractivity contribution is 9.10. The second-order valence-corrected chi connectivity index (χ2v) is 6.84. The Morgan fingerprint density at radius 2 is 2.08 bits per heavy atom. The Morgan fingerprint density at radius 3 is 2.77 bits per heavy atom. The van der Waals surface area contributed by atoms with E-state index in [1.54, 1.807) is 43.4 Å². The number of amides is 2. The average molecular weight is 414 g/mol. The van der Waals surface area contributed by atoms with Crippen LogP contribution in [0.5, 0.6) is 5.75 Å². The van der Waals surface area contributed by atoms with Crippen LogP contribution in [-0.4, -0.2) is 26.0 Å². The average Bonchev–Trinajstić information content (AvgIpc) is 2.84. The molecule has 1 N–H and O–H groups in total. The van der Waals surface area contributed by atoms with Crippen LogP contribution >= 0.6 is 15.9 Å². The van der Waals surface area contributed by atoms with Crippen LogP contribution in [0.3, 0.4) is 0 Å². The first-order valence-corrected chi connectivity index (χ1v) is 8.64. The number of likely N-dealkylation sites (N-methyl/N-ethyl adjacent to an activating group) is 1. The second-order valence-electron chi connectivity index (χ2n) is 5.92. The molecule has 1 atom stereocenters. The molecule has 2 aromatic rings. The van der Waals surface area contributed by atoms with E-state index in [1.165, 1.54) is 12.0 Å². The van der Waals surface area contributed by atoms with Crippen LogP contribution in [-0.2, 0) is 10.3 Å². The molecule has 2 amide bonds. The fourth-order valence-corrected chi connectivity index (χ4v) is 3.56. The lowest BCUT2D eigenvalue weighted by Gasteiger charge is -2.27. The van der Waals surface area contributed by atoms with Crippen LogP contribution in [0.4, 0.5) is 5.69 Å². The summed E-state index contributed by atoms with van der Waals surface area (Å²) in [5, 5.41) is 12.2. The van der Waals surface area contributed by atoms with E-state index in [4.69, 9.17) is 4.74 Å². The molecular weight excluding hydrogens is 398 g/mol. The van der Waals surface area contributed by atoms with Gasteiger partial charge in [-0.15, -0.1) is 0 Å². The minimum absolute atomic E-state index is 0.180. The van der Waals surface area contributed by atoms with Crippen LogP contribution in [0.2, 0.25) is 0 Å². The summed E-state index contributed by atoms with van der Waals surface area (Å²) in [6.45, 7) is 0. The molecule has 1 heterocycles. The Labute approximate surface area is 159 Å². The van der Waals surface area contributed by atoms with Crippen molar-refractivity contribution >= 4 is 33.4 Å². The van der Waals surface area contributed by atoms with Gasteiger partial charge in [0.1, 0.15) is 5.75 Å². The van der Waals surface area contributed by atoms with Gasteiger partial charge in [0, 0.05) is 22.8 Å². The Bertz CT molecular complexity index is 938. The van der Waals surface area contributed by atoms with E-state index in [0.29, 0.717) is 22.6 Å². The first kappa shape index (κ1) is 18.0. The predicted molar refractivity (Wildman–Crippen MR) is 99.9 cm³/mol. The summed E-state index contributed by atoms with van der Waals surface area (Å²) >= 11 is 3.40. The number of nitrogens with zero attached hydrogens (tertiary/aromatic N) is 2. The molecule has 0 bridgehead atoms. The summed E-state index contributed by atoms with van der Waals surface area (Å²) in [5.41, 5.74) is 0.102. The van der Waals surface area contributed by atoms with Gasteiger partial charge >= 0.3 is 0 Å². The highest BCUT2D eigenvalue weighted by Gasteiger charge is 2.51. The minimum Gasteiger partial charge on any atom is -0.496 e. The summed E-state index contributed by atoms with van der Waals surface area (Å²) in [6, 6.07) is 14.1. The van der Waals surface area contributed by atoms with Gasteiger partial charge < -0.3 is 15.0 Å². The number of methoxy groups -OCH3 is 1. The van der Waals surface area contributed by atoms with Crippen LogP contribution in [0.15, 0.2) is 46.9 Å². The Balaban J connectivity index is 2.10. The molecule has 0 spiro atoms. The van der Waals surface area contributed by atoms with Crippen molar-refractivity contribution in [2.45, 2.75) is 12.0 Å². The fraction of sp³-hybridized carbons (Fsp3) is 0.211. The van der Waals surface area contributed by atoms with Crippen LogP contribution in [0.25, 0.3) is 0 Å². The minimum atomic E-state index is -1.44. The quantitative estimate of drug-likeness (QED) is 0.834. The molecular formula is C19H16BrN3O3. The monoisotopic (exact) mass is 413 g/mol. The second kappa shape index (κ2) is 6.81. The molecule has 0 aromatic heterocycles. The number of nitriles is 1. The number of hydrogen-bond acceptors (Lipinski definition) is 4. The summed E-state index contributed by atoms with van der Waals surface area (Å²) in [6.07, 6.45) is -0.180. The van der Waals surface area contributed by atoms with Gasteiger partial charge in [0.15, 0.2) is 5.54 Å². The number of carbonyl (C=O) groups excluding carboxylic acids is 2. The lowest BCUT2D eigenvalue weighted by molar-refractivity contribution is -0.123. The van der Waals surface area contributed by atoms with E-state index in [0.717, 1.165) is 4.47 Å². The Hall–Kier alpha value is -2.85. The third kappa shape index (κ3) is 2.72. The molecule has 0 aliphatic carbocycles. The molecule has 0 unspecified atom stereocenters. The number of anilines is 1. The third-order valence-electron chi connectivity index (χ3n) is 4.47. The summed E-state index contributed by atoms with van der Waals surface area (Å²) in [4.78, 5) is 27.4. The third-order valence-corrected chi connectivity index (χ3v) is 4.97. The number of rotatable bonds is 4. The van der Waals surface area contributed by atoms with Crippen molar-refractivity contribution in [2.75, 3.05) is 19.1 Å². The SMILES string of the molecule is COc1ccccc1C(=O)N[C@@]1(CC#N)C(=O)N(C)c2ccc(Br)cc21. The van der Waals surface area contributed by atoms with Gasteiger partial charge in [-0.2, -0.15) is 5.26 Å². The topological polar surface area (TPSA) is 82.4 Å². The predicted octanol–water partition coefficient (Wildman–Crippen LogP) is 2.97. The Morgan fingerprint density at radius 1 is 1.35 bits per heavy atom. The zero-order valence-electron chi connectivity index (χ0n) is 14.2. The van der Waals surface area contributed by atoms with Crippen LogP contribution in [0.1, 0.15) is 22.3 Å². The van der Waals surface area contributed by atoms with E-state index in [-0.39, 0.29) is 12.3 Å². The van der Waals surface area contributed by atoms with E-state index >= 15 is 0 Å². The standard InChI is InChI=1S/C19H16BrN3O3/c1-23-15-8-7-12(20)11-14(15)19(9-10-21,18(23)25)22-17(24)13-5-3-4-6-16(13)26-2/h3-8,11H,9H2,1-2H3,(H,22,24)/t19-/m1/s1. The molecule has 0 saturated carbocycles. The molecule has 0 radical (unpaired) electrons. The highest BCUT2D eigenvalue weighted by Crippen LogP contribution is 2.43. The molecule has 3 rings (SSSR count). The summed E-state index contributed by atoms with van der Waals surface area (Å²) < 4.78 is 5.99. The first-order chi connectivity index (χ1) is 12.4. The van der Waals surface area contributed by atoms with Gasteiger partial charge in [-0.3, -0.25) is 9.59 Å². The van der Waals surface area contributed by atoms with E-state index < -0.39 is 11.4 Å². The maximum atomic E-state index is 13.0. The maximum Gasteiger partial charge on any atom is 0.258 e. The maximum absolute atomic E-state index is 13.0. The van der Waals surface area contributed by atoms with E-state index in [9.17, 15) is 14.9 Å². The number of fused-ring (bicyclic) bond motifs is 1. The van der Waals surface area contributed by atoms with Gasteiger partial charge in [-0.05, 0) is 30.3 Å². The smallest absolute Gasteiger partial charge is 0.258 e. The van der Waals surface area contributed by atoms with Crippen LogP contribution in [0, 0.1) is 11.3 Å². The van der Waals surface area contributed by atoms with Gasteiger partial charge in [-0.1, -0.05) is 28.1 Å². The molecule has 0 saturated heterocycles. The number of ether oxygens (including phenoxy) is 1. The Kier molecular flexibility index (Phi) is 4.70. The lowest BCUT2D eigenvalue weighted by atomic mass is 9.88. The number of nitrogens with one attached hydrogen (secondary N) is 1. The summed E-state index contributed by atoms with van der Waals surface area (Å²) in [7, 11) is 3.10. The van der Waals surface area contributed by atoms with Crippen molar-refractivity contribution in [1.82, 2.24) is 5.32 Å². The van der Waals surface area contributed by atoms with E-state index in [2.05, 4.69) is 21.2 Å². The van der Waals surface area contributed by atoms with Gasteiger partial charge in [0.05, 0.1) is 25.2 Å². The zero-order valence-corrected chi connectivity index (χ0v) is 15.8. The van der Waals surface area contributed by atoms with Crippen molar-refractivity contribution in [3.05, 3.63) is 58.1 Å². The molecule has 1 aliphatic heterocycles. The number of carbonyl (C=O) groups is 2. The van der Waals surface area contributed by atoms with Crippen LogP contribution < -0.4 is 15.0 Å². The fourth-order valence-electron chi connectivity index (χ4n) is 3.20. The number of benzene rings is 2. The highest BCUT2D eigenvalue weighted by atomic mass is 79.9. The molecule has 26 heavy (non-hydrogen) atoms. The number of hydrogen-bond donors (Lipinski definition) is 1. The van der Waals surface area contributed by atoms with E-state index in [1.807, 2.05) is 12.1 Å². The normalized spacial score (nSPS) is 18.2. The zero-order chi connectivity index (χ0) is 18.9. The van der Waals surface area contributed by atoms with Crippen molar-refractivity contribution in [3.63, 3.8) is 0 Å². The molecule has 2 aromatic carbocycles. The summed E-state index contributed by atoms with van der Waals surface area (Å²) in [5.74, 6) is -0.437. The molecule has 132 valence electrons. The first-order valence-electron chi connectivity index (χ1n) is 7.85. The van der Waals surface area contributed by atoms with Gasteiger partial charge in [0.25, 0.3) is 11.8 Å². The number of halogens is 1. The largest absolute Gasteiger partial charge is 0.496 e. The van der Waals surface area contributed by atoms with Crippen molar-refractivity contribution in [2.24, 2.45) is 0 Å². The molecule has 0 fully saturated rings. The van der Waals surface area contributed by atoms with Crippen molar-refractivity contribution in [3.8, 4) is 11.8 Å². The molecule has 7 heteroatoms.